The molecule has 2 atom stereocenters. The summed E-state index contributed by atoms with van der Waals surface area (Å²) in [5.41, 5.74) is 1.25. The number of nitrogens with zero attached hydrogens (tertiary/aromatic N) is 1. The Morgan fingerprint density at radius 1 is 1.44 bits per heavy atom. The predicted molar refractivity (Wildman–Crippen MR) is 73.0 cm³/mol. The third-order valence-electron chi connectivity index (χ3n) is 3.73. The summed E-state index contributed by atoms with van der Waals surface area (Å²) in [6.07, 6.45) is 0.766. The molecule has 0 saturated carbocycles. The van der Waals surface area contributed by atoms with Crippen LogP contribution in [-0.2, 0) is 0 Å². The van der Waals surface area contributed by atoms with Crippen molar-refractivity contribution in [3.8, 4) is 5.75 Å². The maximum Gasteiger partial charge on any atom is 0.122 e. The zero-order valence-corrected chi connectivity index (χ0v) is 11.3. The second-order valence-electron chi connectivity index (χ2n) is 5.42. The van der Waals surface area contributed by atoms with Crippen molar-refractivity contribution in [3.05, 3.63) is 23.8 Å². The van der Waals surface area contributed by atoms with E-state index < -0.39 is 5.60 Å². The summed E-state index contributed by atoms with van der Waals surface area (Å²) in [5, 5.41) is 23.1. The lowest BCUT2D eigenvalue weighted by Gasteiger charge is -2.22. The summed E-state index contributed by atoms with van der Waals surface area (Å²) >= 11 is 0. The van der Waals surface area contributed by atoms with Crippen LogP contribution in [0.2, 0.25) is 0 Å². The molecule has 1 saturated heterocycles. The van der Waals surface area contributed by atoms with Crippen molar-refractivity contribution >= 4 is 5.69 Å². The molecule has 18 heavy (non-hydrogen) atoms. The molecule has 4 nitrogen and oxygen atoms in total. The second kappa shape index (κ2) is 4.78. The predicted octanol–water partition coefficient (Wildman–Crippen LogP) is 1.63. The second-order valence-corrected chi connectivity index (χ2v) is 5.42. The zero-order valence-electron chi connectivity index (χ0n) is 11.3. The SMILES string of the molecule is CNC(C)c1ccc(N2CCC(C)(O)C2)cc1O. The lowest BCUT2D eigenvalue weighted by molar-refractivity contribution is 0.0839. The minimum absolute atomic E-state index is 0.126. The number of aliphatic hydroxyl groups is 1. The molecule has 0 aromatic heterocycles. The van der Waals surface area contributed by atoms with Crippen LogP contribution in [0.25, 0.3) is 0 Å². The van der Waals surface area contributed by atoms with E-state index in [9.17, 15) is 10.2 Å². The Labute approximate surface area is 108 Å². The molecule has 3 N–H and O–H groups in total. The maximum absolute atomic E-state index is 10.1. The molecule has 0 bridgehead atoms. The van der Waals surface area contributed by atoms with E-state index in [0.717, 1.165) is 24.2 Å². The molecule has 1 fully saturated rings. The van der Waals surface area contributed by atoms with Crippen LogP contribution >= 0.6 is 0 Å². The fraction of sp³-hybridized carbons (Fsp3) is 0.571. The molecule has 1 aromatic rings. The average Bonchev–Trinajstić information content (AvgIpc) is 2.68. The van der Waals surface area contributed by atoms with Crippen molar-refractivity contribution in [2.75, 3.05) is 25.0 Å². The van der Waals surface area contributed by atoms with Gasteiger partial charge in [0, 0.05) is 36.4 Å². The maximum atomic E-state index is 10.1. The van der Waals surface area contributed by atoms with Crippen LogP contribution in [0.5, 0.6) is 5.75 Å². The van der Waals surface area contributed by atoms with Gasteiger partial charge in [-0.2, -0.15) is 0 Å². The number of benzene rings is 1. The summed E-state index contributed by atoms with van der Waals surface area (Å²) in [6.45, 7) is 5.31. The van der Waals surface area contributed by atoms with E-state index in [1.165, 1.54) is 0 Å². The number of anilines is 1. The largest absolute Gasteiger partial charge is 0.508 e. The van der Waals surface area contributed by atoms with Crippen LogP contribution in [0.15, 0.2) is 18.2 Å². The van der Waals surface area contributed by atoms with E-state index in [2.05, 4.69) is 10.2 Å². The Hall–Kier alpha value is -1.26. The van der Waals surface area contributed by atoms with Gasteiger partial charge in [-0.05, 0) is 33.4 Å². The van der Waals surface area contributed by atoms with Crippen LogP contribution in [0.4, 0.5) is 5.69 Å². The van der Waals surface area contributed by atoms with Crippen molar-refractivity contribution < 1.29 is 10.2 Å². The van der Waals surface area contributed by atoms with Gasteiger partial charge in [-0.15, -0.1) is 0 Å². The van der Waals surface area contributed by atoms with Crippen molar-refractivity contribution in [2.24, 2.45) is 0 Å². The highest BCUT2D eigenvalue weighted by molar-refractivity contribution is 5.55. The summed E-state index contributed by atoms with van der Waals surface area (Å²) in [6, 6.07) is 5.86. The summed E-state index contributed by atoms with van der Waals surface area (Å²) in [5.74, 6) is 0.306. The first-order valence-electron chi connectivity index (χ1n) is 6.40. The molecule has 1 aromatic carbocycles. The molecule has 0 radical (unpaired) electrons. The summed E-state index contributed by atoms with van der Waals surface area (Å²) in [7, 11) is 1.87. The first kappa shape index (κ1) is 13.2. The van der Waals surface area contributed by atoms with Gasteiger partial charge >= 0.3 is 0 Å². The van der Waals surface area contributed by atoms with Crippen LogP contribution in [0, 0.1) is 0 Å². The first-order valence-corrected chi connectivity index (χ1v) is 6.40. The lowest BCUT2D eigenvalue weighted by Crippen LogP contribution is -2.29. The summed E-state index contributed by atoms with van der Waals surface area (Å²) in [4.78, 5) is 2.10. The molecular formula is C14H22N2O2. The number of phenolic OH excluding ortho intramolecular Hbond substituents is 1. The van der Waals surface area contributed by atoms with E-state index in [1.54, 1.807) is 6.07 Å². The molecule has 1 heterocycles. The average molecular weight is 250 g/mol. The minimum atomic E-state index is -0.618. The molecule has 2 unspecified atom stereocenters. The Morgan fingerprint density at radius 2 is 2.17 bits per heavy atom. The number of β-amino-alcohol motifs (C(OH)–C–C–N with tert-alkyl or cyclic N) is 1. The van der Waals surface area contributed by atoms with Crippen LogP contribution in [0.3, 0.4) is 0 Å². The van der Waals surface area contributed by atoms with Gasteiger partial charge in [0.05, 0.1) is 5.60 Å². The van der Waals surface area contributed by atoms with Gasteiger partial charge in [-0.3, -0.25) is 0 Å². The Bertz CT molecular complexity index is 432. The summed E-state index contributed by atoms with van der Waals surface area (Å²) < 4.78 is 0. The smallest absolute Gasteiger partial charge is 0.122 e. The highest BCUT2D eigenvalue weighted by Gasteiger charge is 2.31. The number of rotatable bonds is 3. The molecular weight excluding hydrogens is 228 g/mol. The number of phenols is 1. The van der Waals surface area contributed by atoms with Crippen LogP contribution in [0.1, 0.15) is 31.9 Å². The third kappa shape index (κ3) is 2.60. The van der Waals surface area contributed by atoms with E-state index in [0.29, 0.717) is 12.3 Å². The Balaban J connectivity index is 2.19. The fourth-order valence-electron chi connectivity index (χ4n) is 2.42. The van der Waals surface area contributed by atoms with E-state index >= 15 is 0 Å². The van der Waals surface area contributed by atoms with E-state index in [4.69, 9.17) is 0 Å². The molecule has 0 aliphatic carbocycles. The fourth-order valence-corrected chi connectivity index (χ4v) is 2.42. The van der Waals surface area contributed by atoms with Crippen molar-refractivity contribution in [1.29, 1.82) is 0 Å². The molecule has 1 aliphatic rings. The molecule has 4 heteroatoms. The Kier molecular flexibility index (Phi) is 3.50. The monoisotopic (exact) mass is 250 g/mol. The quantitative estimate of drug-likeness (QED) is 0.763. The van der Waals surface area contributed by atoms with Gasteiger partial charge < -0.3 is 20.4 Å². The standard InChI is InChI=1S/C14H22N2O2/c1-10(15-3)12-5-4-11(8-13(12)17)16-7-6-14(2,18)9-16/h4-5,8,10,15,17-18H,6-7,9H2,1-3H3. The minimum Gasteiger partial charge on any atom is -0.508 e. The van der Waals surface area contributed by atoms with Crippen LogP contribution < -0.4 is 10.2 Å². The third-order valence-corrected chi connectivity index (χ3v) is 3.73. The van der Waals surface area contributed by atoms with Gasteiger partial charge in [0.2, 0.25) is 0 Å². The number of hydrogen-bond donors (Lipinski definition) is 3. The van der Waals surface area contributed by atoms with E-state index in [1.807, 2.05) is 33.0 Å². The molecule has 1 aliphatic heterocycles. The number of nitrogens with one attached hydrogen (secondary N) is 1. The Morgan fingerprint density at radius 3 is 2.67 bits per heavy atom. The van der Waals surface area contributed by atoms with Gasteiger partial charge in [0.15, 0.2) is 0 Å². The van der Waals surface area contributed by atoms with Crippen molar-refractivity contribution in [1.82, 2.24) is 5.32 Å². The topological polar surface area (TPSA) is 55.7 Å². The molecule has 0 amide bonds. The highest BCUT2D eigenvalue weighted by Crippen LogP contribution is 2.32. The number of hydrogen-bond acceptors (Lipinski definition) is 4. The zero-order chi connectivity index (χ0) is 13.3. The van der Waals surface area contributed by atoms with Crippen molar-refractivity contribution in [3.63, 3.8) is 0 Å². The highest BCUT2D eigenvalue weighted by atomic mass is 16.3. The lowest BCUT2D eigenvalue weighted by atomic mass is 10.1. The van der Waals surface area contributed by atoms with Crippen molar-refractivity contribution in [2.45, 2.75) is 31.9 Å². The van der Waals surface area contributed by atoms with Crippen LogP contribution in [-0.4, -0.2) is 36.0 Å². The van der Waals surface area contributed by atoms with Gasteiger partial charge in [-0.25, -0.2) is 0 Å². The number of aromatic hydroxyl groups is 1. The van der Waals surface area contributed by atoms with Gasteiger partial charge in [0.1, 0.15) is 5.75 Å². The molecule has 0 spiro atoms. The molecule has 2 rings (SSSR count). The first-order chi connectivity index (χ1) is 8.43. The normalized spacial score (nSPS) is 25.4. The molecule has 100 valence electrons. The van der Waals surface area contributed by atoms with Gasteiger partial charge in [0.25, 0.3) is 0 Å². The van der Waals surface area contributed by atoms with E-state index in [-0.39, 0.29) is 6.04 Å². The van der Waals surface area contributed by atoms with Gasteiger partial charge in [-0.1, -0.05) is 6.07 Å².